The molecule has 1 aromatic heterocycles. The summed E-state index contributed by atoms with van der Waals surface area (Å²) in [4.78, 5) is 8.92. The van der Waals surface area contributed by atoms with Crippen LogP contribution in [-0.4, -0.2) is 22.6 Å². The van der Waals surface area contributed by atoms with E-state index in [1.165, 1.54) is 25.7 Å². The molecule has 0 aliphatic heterocycles. The topological polar surface area (TPSA) is 49.8 Å². The maximum Gasteiger partial charge on any atom is 0.224 e. The predicted molar refractivity (Wildman–Crippen MR) is 73.8 cm³/mol. The van der Waals surface area contributed by atoms with Crippen molar-refractivity contribution in [3.05, 3.63) is 11.8 Å². The Morgan fingerprint density at radius 1 is 1.28 bits per heavy atom. The molecular weight excluding hydrogens is 224 g/mol. The Balaban J connectivity index is 1.72. The van der Waals surface area contributed by atoms with Crippen molar-refractivity contribution >= 4 is 11.8 Å². The van der Waals surface area contributed by atoms with E-state index in [-0.39, 0.29) is 0 Å². The fourth-order valence-electron chi connectivity index (χ4n) is 3.49. The lowest BCUT2D eigenvalue weighted by atomic mass is 9.95. The van der Waals surface area contributed by atoms with Crippen LogP contribution in [0.15, 0.2) is 6.07 Å². The van der Waals surface area contributed by atoms with Gasteiger partial charge < -0.3 is 10.6 Å². The molecule has 4 nitrogen and oxygen atoms in total. The first kappa shape index (κ1) is 11.8. The van der Waals surface area contributed by atoms with Crippen LogP contribution in [0, 0.1) is 18.8 Å². The Bertz CT molecular complexity index is 432. The van der Waals surface area contributed by atoms with Gasteiger partial charge in [-0.15, -0.1) is 0 Å². The van der Waals surface area contributed by atoms with E-state index in [0.29, 0.717) is 6.04 Å². The summed E-state index contributed by atoms with van der Waals surface area (Å²) in [6, 6.07) is 2.68. The molecule has 18 heavy (non-hydrogen) atoms. The third-order valence-corrected chi connectivity index (χ3v) is 4.26. The van der Waals surface area contributed by atoms with E-state index >= 15 is 0 Å². The molecule has 2 fully saturated rings. The van der Waals surface area contributed by atoms with Crippen LogP contribution >= 0.6 is 0 Å². The van der Waals surface area contributed by atoms with Gasteiger partial charge >= 0.3 is 0 Å². The van der Waals surface area contributed by atoms with Gasteiger partial charge in [-0.3, -0.25) is 0 Å². The highest BCUT2D eigenvalue weighted by molar-refractivity contribution is 5.43. The second-order valence-electron chi connectivity index (χ2n) is 5.67. The Morgan fingerprint density at radius 3 is 2.83 bits per heavy atom. The van der Waals surface area contributed by atoms with Gasteiger partial charge in [0.25, 0.3) is 0 Å². The van der Waals surface area contributed by atoms with Gasteiger partial charge in [-0.05, 0) is 44.9 Å². The molecule has 98 valence electrons. The summed E-state index contributed by atoms with van der Waals surface area (Å²) in [6.45, 7) is 4.94. The zero-order chi connectivity index (χ0) is 12.5. The van der Waals surface area contributed by atoms with E-state index in [0.717, 1.165) is 35.8 Å². The molecule has 1 heterocycles. The fraction of sp³-hybridized carbons (Fsp3) is 0.714. The van der Waals surface area contributed by atoms with Crippen molar-refractivity contribution < 1.29 is 0 Å². The number of aromatic nitrogens is 2. The van der Waals surface area contributed by atoms with Crippen molar-refractivity contribution in [3.63, 3.8) is 0 Å². The molecule has 2 aliphatic rings. The second kappa shape index (κ2) is 4.75. The first-order valence-corrected chi connectivity index (χ1v) is 7.10. The third kappa shape index (κ3) is 2.28. The number of rotatable bonds is 4. The second-order valence-corrected chi connectivity index (χ2v) is 5.67. The van der Waals surface area contributed by atoms with Gasteiger partial charge in [0.05, 0.1) is 0 Å². The number of nitrogens with one attached hydrogen (secondary N) is 2. The highest BCUT2D eigenvalue weighted by Crippen LogP contribution is 2.45. The fourth-order valence-corrected chi connectivity index (χ4v) is 3.49. The van der Waals surface area contributed by atoms with E-state index in [1.807, 2.05) is 13.0 Å². The molecule has 4 heteroatoms. The number of fused-ring (bicyclic) bond motifs is 2. The minimum absolute atomic E-state index is 0.632. The van der Waals surface area contributed by atoms with Gasteiger partial charge in [0.2, 0.25) is 5.95 Å². The summed E-state index contributed by atoms with van der Waals surface area (Å²) in [5, 5.41) is 6.81. The molecule has 0 aromatic carbocycles. The van der Waals surface area contributed by atoms with Crippen LogP contribution in [0.4, 0.5) is 11.8 Å². The Labute approximate surface area is 109 Å². The van der Waals surface area contributed by atoms with Gasteiger partial charge in [0, 0.05) is 24.3 Å². The molecule has 2 saturated carbocycles. The molecule has 0 saturated heterocycles. The number of hydrogen-bond donors (Lipinski definition) is 2. The third-order valence-electron chi connectivity index (χ3n) is 4.26. The summed E-state index contributed by atoms with van der Waals surface area (Å²) in [7, 11) is 0. The first-order chi connectivity index (χ1) is 8.74. The molecule has 0 radical (unpaired) electrons. The smallest absolute Gasteiger partial charge is 0.224 e. The Morgan fingerprint density at radius 2 is 2.17 bits per heavy atom. The summed E-state index contributed by atoms with van der Waals surface area (Å²) in [6.07, 6.45) is 5.58. The molecular formula is C14H22N4. The van der Waals surface area contributed by atoms with Crippen molar-refractivity contribution in [2.45, 2.75) is 45.6 Å². The number of aryl methyl sites for hydroxylation is 1. The maximum absolute atomic E-state index is 4.54. The van der Waals surface area contributed by atoms with Gasteiger partial charge in [-0.2, -0.15) is 4.98 Å². The van der Waals surface area contributed by atoms with E-state index in [2.05, 4.69) is 27.5 Å². The zero-order valence-corrected chi connectivity index (χ0v) is 11.2. The lowest BCUT2D eigenvalue weighted by molar-refractivity contribution is 0.439. The van der Waals surface area contributed by atoms with Crippen LogP contribution in [0.1, 0.15) is 38.3 Å². The first-order valence-electron chi connectivity index (χ1n) is 7.10. The average Bonchev–Trinajstić information content (AvgIpc) is 2.90. The quantitative estimate of drug-likeness (QED) is 0.857. The molecule has 2 N–H and O–H groups in total. The number of hydrogen-bond acceptors (Lipinski definition) is 4. The highest BCUT2D eigenvalue weighted by Gasteiger charge is 2.39. The molecule has 3 atom stereocenters. The van der Waals surface area contributed by atoms with Gasteiger partial charge in [-0.25, -0.2) is 4.98 Å². The van der Waals surface area contributed by atoms with E-state index in [9.17, 15) is 0 Å². The van der Waals surface area contributed by atoms with Crippen molar-refractivity contribution in [3.8, 4) is 0 Å². The minimum Gasteiger partial charge on any atom is -0.367 e. The molecule has 1 aromatic rings. The van der Waals surface area contributed by atoms with E-state index in [4.69, 9.17) is 0 Å². The van der Waals surface area contributed by atoms with Crippen LogP contribution in [0.5, 0.6) is 0 Å². The summed E-state index contributed by atoms with van der Waals surface area (Å²) in [5.41, 5.74) is 1.02. The summed E-state index contributed by atoms with van der Waals surface area (Å²) >= 11 is 0. The Kier molecular flexibility index (Phi) is 3.10. The Hall–Kier alpha value is -1.32. The SMILES string of the molecule is CCNc1nc(C)cc(NC2CC3CCC2C3)n1. The maximum atomic E-state index is 4.54. The lowest BCUT2D eigenvalue weighted by Crippen LogP contribution is -2.26. The van der Waals surface area contributed by atoms with Gasteiger partial charge in [-0.1, -0.05) is 6.42 Å². The van der Waals surface area contributed by atoms with Gasteiger partial charge in [0.1, 0.15) is 5.82 Å². The average molecular weight is 246 g/mol. The van der Waals surface area contributed by atoms with Crippen molar-refractivity contribution in [2.24, 2.45) is 11.8 Å². The van der Waals surface area contributed by atoms with Crippen molar-refractivity contribution in [2.75, 3.05) is 17.2 Å². The largest absolute Gasteiger partial charge is 0.367 e. The van der Waals surface area contributed by atoms with Gasteiger partial charge in [0.15, 0.2) is 0 Å². The van der Waals surface area contributed by atoms with Crippen LogP contribution in [-0.2, 0) is 0 Å². The molecule has 3 rings (SSSR count). The summed E-state index contributed by atoms with van der Waals surface area (Å²) < 4.78 is 0. The van der Waals surface area contributed by atoms with E-state index in [1.54, 1.807) is 0 Å². The van der Waals surface area contributed by atoms with Crippen LogP contribution in [0.25, 0.3) is 0 Å². The minimum atomic E-state index is 0.632. The van der Waals surface area contributed by atoms with Crippen molar-refractivity contribution in [1.82, 2.24) is 9.97 Å². The van der Waals surface area contributed by atoms with Crippen molar-refractivity contribution in [1.29, 1.82) is 0 Å². The lowest BCUT2D eigenvalue weighted by Gasteiger charge is -2.23. The van der Waals surface area contributed by atoms with Crippen LogP contribution in [0.3, 0.4) is 0 Å². The molecule has 3 unspecified atom stereocenters. The molecule has 0 spiro atoms. The molecule has 0 amide bonds. The predicted octanol–water partition coefficient (Wildman–Crippen LogP) is 2.82. The molecule has 2 bridgehead atoms. The highest BCUT2D eigenvalue weighted by atomic mass is 15.1. The number of nitrogens with zero attached hydrogens (tertiary/aromatic N) is 2. The molecule has 2 aliphatic carbocycles. The monoisotopic (exact) mass is 246 g/mol. The normalized spacial score (nSPS) is 29.6. The standard InChI is InChI=1S/C14H22N4/c1-3-15-14-16-9(2)6-13(18-14)17-12-8-10-4-5-11(12)7-10/h6,10-12H,3-5,7-8H2,1-2H3,(H2,15,16,17,18). The van der Waals surface area contributed by atoms with Crippen LogP contribution < -0.4 is 10.6 Å². The summed E-state index contributed by atoms with van der Waals surface area (Å²) in [5.74, 6) is 3.55. The van der Waals surface area contributed by atoms with E-state index < -0.39 is 0 Å². The van der Waals surface area contributed by atoms with Crippen LogP contribution in [0.2, 0.25) is 0 Å². The number of anilines is 2. The zero-order valence-electron chi connectivity index (χ0n) is 11.2.